The Hall–Kier alpha value is -0.340. The number of rotatable bonds is 7. The van der Waals surface area contributed by atoms with Gasteiger partial charge in [-0.2, -0.15) is 0 Å². The summed E-state index contributed by atoms with van der Waals surface area (Å²) >= 11 is 0. The zero-order chi connectivity index (χ0) is 8.53. The number of hydrazine groups is 1. The minimum atomic E-state index is 0.298. The van der Waals surface area contributed by atoms with Gasteiger partial charge < -0.3 is 0 Å². The van der Waals surface area contributed by atoms with Crippen LogP contribution in [0.4, 0.5) is 0 Å². The molecule has 66 valence electrons. The molecule has 1 atom stereocenters. The first kappa shape index (κ1) is 10.7. The maximum absolute atomic E-state index is 5.28. The van der Waals surface area contributed by atoms with Gasteiger partial charge in [0.2, 0.25) is 0 Å². The molecule has 0 radical (unpaired) electrons. The van der Waals surface area contributed by atoms with Crippen molar-refractivity contribution in [3.05, 3.63) is 12.7 Å². The molecule has 0 aliphatic heterocycles. The second kappa shape index (κ2) is 7.76. The van der Waals surface area contributed by atoms with Crippen LogP contribution in [0.15, 0.2) is 12.7 Å². The Morgan fingerprint density at radius 2 is 2.18 bits per heavy atom. The summed E-state index contributed by atoms with van der Waals surface area (Å²) in [6, 6.07) is 0.298. The zero-order valence-electron chi connectivity index (χ0n) is 7.47. The average Bonchev–Trinajstić information content (AvgIpc) is 2.05. The summed E-state index contributed by atoms with van der Waals surface area (Å²) in [4.78, 5) is 0. The van der Waals surface area contributed by atoms with Crippen LogP contribution in [0.2, 0.25) is 0 Å². The summed E-state index contributed by atoms with van der Waals surface area (Å²) in [7, 11) is 0. The van der Waals surface area contributed by atoms with E-state index in [2.05, 4.69) is 18.9 Å². The van der Waals surface area contributed by atoms with E-state index in [-0.39, 0.29) is 0 Å². The molecule has 0 aromatic carbocycles. The molecule has 0 rings (SSSR count). The lowest BCUT2D eigenvalue weighted by atomic mass is 10.1. The van der Waals surface area contributed by atoms with Crippen molar-refractivity contribution in [3.63, 3.8) is 0 Å². The first-order valence-electron chi connectivity index (χ1n) is 4.43. The number of hydrogen-bond donors (Lipinski definition) is 2. The molecule has 2 heteroatoms. The van der Waals surface area contributed by atoms with E-state index in [1.54, 1.807) is 0 Å². The summed E-state index contributed by atoms with van der Waals surface area (Å²) in [6.07, 6.45) is 8.15. The summed E-state index contributed by atoms with van der Waals surface area (Å²) in [6.45, 7) is 5.90. The van der Waals surface area contributed by atoms with Crippen molar-refractivity contribution in [2.75, 3.05) is 0 Å². The smallest absolute Gasteiger partial charge is 0.0387 e. The number of nitrogens with one attached hydrogen (secondary N) is 1. The highest BCUT2D eigenvalue weighted by Gasteiger charge is 1.98. The molecule has 3 N–H and O–H groups in total. The van der Waals surface area contributed by atoms with Gasteiger partial charge in [-0.15, -0.1) is 6.58 Å². The van der Waals surface area contributed by atoms with E-state index in [1.807, 2.05) is 6.08 Å². The molecule has 0 heterocycles. The van der Waals surface area contributed by atoms with E-state index in [0.717, 1.165) is 6.42 Å². The Bertz CT molecular complexity index is 91.6. The number of hydrogen-bond acceptors (Lipinski definition) is 2. The second-order valence-electron chi connectivity index (χ2n) is 2.86. The Morgan fingerprint density at radius 1 is 1.45 bits per heavy atom. The predicted molar refractivity (Wildman–Crippen MR) is 50.1 cm³/mol. The Labute approximate surface area is 69.8 Å². The van der Waals surface area contributed by atoms with Gasteiger partial charge in [0.15, 0.2) is 0 Å². The van der Waals surface area contributed by atoms with Crippen LogP contribution in [-0.2, 0) is 0 Å². The van der Waals surface area contributed by atoms with Crippen LogP contribution in [0.3, 0.4) is 0 Å². The van der Waals surface area contributed by atoms with Gasteiger partial charge in [0, 0.05) is 6.04 Å². The van der Waals surface area contributed by atoms with Gasteiger partial charge in [0.05, 0.1) is 0 Å². The summed E-state index contributed by atoms with van der Waals surface area (Å²) in [5, 5.41) is 0. The summed E-state index contributed by atoms with van der Waals surface area (Å²) in [5.41, 5.74) is 2.71. The van der Waals surface area contributed by atoms with Crippen LogP contribution in [0, 0.1) is 0 Å². The third-order valence-corrected chi connectivity index (χ3v) is 1.87. The highest BCUT2D eigenvalue weighted by molar-refractivity contribution is 4.83. The van der Waals surface area contributed by atoms with Gasteiger partial charge in [-0.1, -0.05) is 38.7 Å². The van der Waals surface area contributed by atoms with Gasteiger partial charge in [-0.25, -0.2) is 0 Å². The van der Waals surface area contributed by atoms with Crippen molar-refractivity contribution < 1.29 is 0 Å². The van der Waals surface area contributed by atoms with E-state index in [0.29, 0.717) is 6.04 Å². The first-order valence-corrected chi connectivity index (χ1v) is 4.43. The van der Waals surface area contributed by atoms with Crippen molar-refractivity contribution in [2.24, 2.45) is 5.84 Å². The van der Waals surface area contributed by atoms with Gasteiger partial charge in [0.1, 0.15) is 0 Å². The van der Waals surface area contributed by atoms with Crippen LogP contribution in [0.5, 0.6) is 0 Å². The molecular formula is C9H20N2. The fourth-order valence-electron chi connectivity index (χ4n) is 1.06. The second-order valence-corrected chi connectivity index (χ2v) is 2.86. The average molecular weight is 156 g/mol. The van der Waals surface area contributed by atoms with Gasteiger partial charge in [-0.05, 0) is 6.42 Å². The molecule has 0 aromatic rings. The third kappa shape index (κ3) is 6.07. The van der Waals surface area contributed by atoms with Crippen LogP contribution < -0.4 is 11.3 Å². The largest absolute Gasteiger partial charge is 0.271 e. The van der Waals surface area contributed by atoms with Crippen LogP contribution in [0.1, 0.15) is 39.0 Å². The normalized spacial score (nSPS) is 12.9. The lowest BCUT2D eigenvalue weighted by Crippen LogP contribution is -2.33. The van der Waals surface area contributed by atoms with Gasteiger partial charge in [-0.3, -0.25) is 11.3 Å². The van der Waals surface area contributed by atoms with E-state index in [9.17, 15) is 0 Å². The van der Waals surface area contributed by atoms with E-state index >= 15 is 0 Å². The molecule has 0 fully saturated rings. The lowest BCUT2D eigenvalue weighted by Gasteiger charge is -2.09. The number of unbranched alkanes of at least 4 members (excludes halogenated alkanes) is 3. The van der Waals surface area contributed by atoms with Gasteiger partial charge in [0.25, 0.3) is 0 Å². The third-order valence-electron chi connectivity index (χ3n) is 1.87. The molecule has 0 bridgehead atoms. The van der Waals surface area contributed by atoms with Gasteiger partial charge >= 0.3 is 0 Å². The minimum absolute atomic E-state index is 0.298. The Kier molecular flexibility index (Phi) is 7.52. The van der Waals surface area contributed by atoms with Crippen molar-refractivity contribution in [3.8, 4) is 0 Å². The maximum atomic E-state index is 5.28. The maximum Gasteiger partial charge on any atom is 0.0387 e. The molecule has 0 aliphatic carbocycles. The molecule has 1 unspecified atom stereocenters. The summed E-state index contributed by atoms with van der Waals surface area (Å²) in [5.74, 6) is 5.28. The van der Waals surface area contributed by atoms with Crippen LogP contribution in [-0.4, -0.2) is 6.04 Å². The Morgan fingerprint density at radius 3 is 2.64 bits per heavy atom. The van der Waals surface area contributed by atoms with Crippen molar-refractivity contribution in [2.45, 2.75) is 45.1 Å². The fraction of sp³-hybridized carbons (Fsp3) is 0.778. The predicted octanol–water partition coefficient (Wildman–Crippen LogP) is 1.97. The van der Waals surface area contributed by atoms with Crippen molar-refractivity contribution >= 4 is 0 Å². The number of nitrogens with two attached hydrogens (primary N) is 1. The lowest BCUT2D eigenvalue weighted by molar-refractivity contribution is 0.530. The van der Waals surface area contributed by atoms with E-state index in [1.165, 1.54) is 25.7 Å². The first-order chi connectivity index (χ1) is 5.35. The molecule has 0 amide bonds. The fourth-order valence-corrected chi connectivity index (χ4v) is 1.06. The zero-order valence-corrected chi connectivity index (χ0v) is 7.47. The quantitative estimate of drug-likeness (QED) is 0.256. The van der Waals surface area contributed by atoms with E-state index in [4.69, 9.17) is 5.84 Å². The van der Waals surface area contributed by atoms with Crippen molar-refractivity contribution in [1.82, 2.24) is 5.43 Å². The van der Waals surface area contributed by atoms with Crippen LogP contribution in [0.25, 0.3) is 0 Å². The molecular weight excluding hydrogens is 136 g/mol. The monoisotopic (exact) mass is 156 g/mol. The summed E-state index contributed by atoms with van der Waals surface area (Å²) < 4.78 is 0. The Balaban J connectivity index is 3.14. The topological polar surface area (TPSA) is 38.0 Å². The molecule has 0 spiro atoms. The molecule has 0 aliphatic rings. The standard InChI is InChI=1S/C9H20N2/c1-3-5-6-7-8-9(4-2)11-10/h4,9,11H,2-3,5-8,10H2,1H3. The minimum Gasteiger partial charge on any atom is -0.271 e. The molecule has 2 nitrogen and oxygen atoms in total. The van der Waals surface area contributed by atoms with Crippen molar-refractivity contribution in [1.29, 1.82) is 0 Å². The SMILES string of the molecule is C=CC(CCCCCC)NN. The van der Waals surface area contributed by atoms with Crippen LogP contribution >= 0.6 is 0 Å². The van der Waals surface area contributed by atoms with E-state index < -0.39 is 0 Å². The molecule has 0 saturated carbocycles. The molecule has 0 saturated heterocycles. The highest BCUT2D eigenvalue weighted by Crippen LogP contribution is 2.05. The molecule has 0 aromatic heterocycles. The highest BCUT2D eigenvalue weighted by atomic mass is 15.2. The molecule has 11 heavy (non-hydrogen) atoms.